The Kier molecular flexibility index (Phi) is 4.07. The first-order valence-corrected chi connectivity index (χ1v) is 7.91. The molecule has 0 saturated carbocycles. The first-order valence-electron chi connectivity index (χ1n) is 7.91. The van der Waals surface area contributed by atoms with Crippen LogP contribution >= 0.6 is 0 Å². The molecule has 0 aliphatic carbocycles. The SMILES string of the molecule is Cc1cn(C)c([C@H]2CCCN(C(=O)c3ccc(=O)n(C)c3)C2)n1. The van der Waals surface area contributed by atoms with E-state index < -0.39 is 0 Å². The van der Waals surface area contributed by atoms with E-state index in [0.29, 0.717) is 12.1 Å². The van der Waals surface area contributed by atoms with Gasteiger partial charge in [-0.25, -0.2) is 4.98 Å². The summed E-state index contributed by atoms with van der Waals surface area (Å²) in [6.45, 7) is 3.41. The van der Waals surface area contributed by atoms with Gasteiger partial charge < -0.3 is 14.0 Å². The quantitative estimate of drug-likeness (QED) is 0.843. The Hall–Kier alpha value is -2.37. The van der Waals surface area contributed by atoms with Crippen molar-refractivity contribution in [3.63, 3.8) is 0 Å². The first kappa shape index (κ1) is 15.5. The van der Waals surface area contributed by atoms with E-state index in [4.69, 9.17) is 0 Å². The zero-order valence-corrected chi connectivity index (χ0v) is 13.8. The largest absolute Gasteiger partial charge is 0.338 e. The highest BCUT2D eigenvalue weighted by atomic mass is 16.2. The van der Waals surface area contributed by atoms with Crippen LogP contribution in [0.25, 0.3) is 0 Å². The molecule has 0 spiro atoms. The highest BCUT2D eigenvalue weighted by Gasteiger charge is 2.28. The molecule has 122 valence electrons. The third kappa shape index (κ3) is 3.06. The molecule has 6 nitrogen and oxygen atoms in total. The number of piperidine rings is 1. The van der Waals surface area contributed by atoms with Crippen LogP contribution in [0, 0.1) is 6.92 Å². The van der Waals surface area contributed by atoms with Gasteiger partial charge in [0.2, 0.25) is 5.56 Å². The number of likely N-dealkylation sites (tertiary alicyclic amines) is 1. The highest BCUT2D eigenvalue weighted by Crippen LogP contribution is 2.26. The molecule has 1 atom stereocenters. The fourth-order valence-corrected chi connectivity index (χ4v) is 3.29. The molecule has 6 heteroatoms. The van der Waals surface area contributed by atoms with Gasteiger partial charge >= 0.3 is 0 Å². The minimum atomic E-state index is -0.110. The molecule has 3 rings (SSSR count). The maximum Gasteiger partial charge on any atom is 0.255 e. The molecule has 1 aliphatic heterocycles. The van der Waals surface area contributed by atoms with Gasteiger partial charge in [-0.15, -0.1) is 0 Å². The van der Waals surface area contributed by atoms with Crippen LogP contribution in [0.15, 0.2) is 29.3 Å². The smallest absolute Gasteiger partial charge is 0.255 e. The summed E-state index contributed by atoms with van der Waals surface area (Å²) in [5.41, 5.74) is 1.45. The number of nitrogens with zero attached hydrogens (tertiary/aromatic N) is 4. The second-order valence-electron chi connectivity index (χ2n) is 6.31. The molecule has 2 aromatic heterocycles. The molecule has 0 radical (unpaired) electrons. The highest BCUT2D eigenvalue weighted by molar-refractivity contribution is 5.94. The van der Waals surface area contributed by atoms with Crippen LogP contribution in [0.2, 0.25) is 0 Å². The van der Waals surface area contributed by atoms with Crippen molar-refractivity contribution in [1.29, 1.82) is 0 Å². The minimum absolute atomic E-state index is 0.0174. The zero-order valence-electron chi connectivity index (χ0n) is 13.8. The van der Waals surface area contributed by atoms with E-state index in [1.807, 2.05) is 25.1 Å². The van der Waals surface area contributed by atoms with Crippen LogP contribution in [0.5, 0.6) is 0 Å². The fourth-order valence-electron chi connectivity index (χ4n) is 3.29. The van der Waals surface area contributed by atoms with Crippen molar-refractivity contribution < 1.29 is 4.79 Å². The monoisotopic (exact) mass is 314 g/mol. The Morgan fingerprint density at radius 3 is 2.65 bits per heavy atom. The van der Waals surface area contributed by atoms with Gasteiger partial charge in [-0.2, -0.15) is 0 Å². The molecule has 1 amide bonds. The van der Waals surface area contributed by atoms with Gasteiger partial charge in [0.1, 0.15) is 5.82 Å². The molecule has 1 fully saturated rings. The Labute approximate surface area is 135 Å². The summed E-state index contributed by atoms with van der Waals surface area (Å²) in [6.07, 6.45) is 5.64. The van der Waals surface area contributed by atoms with E-state index in [0.717, 1.165) is 30.9 Å². The lowest BCUT2D eigenvalue weighted by Gasteiger charge is -2.32. The van der Waals surface area contributed by atoms with E-state index in [1.54, 1.807) is 19.3 Å². The molecular weight excluding hydrogens is 292 g/mol. The molecule has 0 unspecified atom stereocenters. The van der Waals surface area contributed by atoms with Crippen LogP contribution in [0.3, 0.4) is 0 Å². The summed E-state index contributed by atoms with van der Waals surface area (Å²) in [4.78, 5) is 30.7. The molecule has 2 aromatic rings. The Balaban J connectivity index is 1.80. The summed E-state index contributed by atoms with van der Waals surface area (Å²) >= 11 is 0. The van der Waals surface area contributed by atoms with Crippen molar-refractivity contribution in [3.8, 4) is 0 Å². The topological polar surface area (TPSA) is 60.1 Å². The summed E-state index contributed by atoms with van der Waals surface area (Å²) < 4.78 is 3.50. The molecule has 3 heterocycles. The fraction of sp³-hybridized carbons (Fsp3) is 0.471. The second-order valence-corrected chi connectivity index (χ2v) is 6.31. The van der Waals surface area contributed by atoms with Crippen LogP contribution in [-0.4, -0.2) is 38.0 Å². The molecule has 0 bridgehead atoms. The minimum Gasteiger partial charge on any atom is -0.338 e. The van der Waals surface area contributed by atoms with E-state index in [1.165, 1.54) is 10.6 Å². The maximum absolute atomic E-state index is 12.7. The van der Waals surface area contributed by atoms with Crippen LogP contribution in [0.1, 0.15) is 40.6 Å². The van der Waals surface area contributed by atoms with E-state index >= 15 is 0 Å². The van der Waals surface area contributed by atoms with Gasteiger partial charge in [0, 0.05) is 51.6 Å². The summed E-state index contributed by atoms with van der Waals surface area (Å²) in [7, 11) is 3.66. The number of hydrogen-bond acceptors (Lipinski definition) is 3. The predicted molar refractivity (Wildman–Crippen MR) is 87.5 cm³/mol. The van der Waals surface area contributed by atoms with Gasteiger partial charge in [-0.1, -0.05) is 0 Å². The Morgan fingerprint density at radius 1 is 1.22 bits per heavy atom. The third-order valence-electron chi connectivity index (χ3n) is 4.44. The summed E-state index contributed by atoms with van der Waals surface area (Å²) in [5, 5.41) is 0. The number of carbonyl (C=O) groups excluding carboxylic acids is 1. The van der Waals surface area contributed by atoms with Crippen LogP contribution < -0.4 is 5.56 Å². The van der Waals surface area contributed by atoms with E-state index in [9.17, 15) is 9.59 Å². The number of imidazole rings is 1. The first-order chi connectivity index (χ1) is 11.0. The maximum atomic E-state index is 12.7. The molecule has 1 saturated heterocycles. The second kappa shape index (κ2) is 6.02. The zero-order chi connectivity index (χ0) is 16.6. The van der Waals surface area contributed by atoms with Crippen molar-refractivity contribution in [2.75, 3.05) is 13.1 Å². The Bertz CT molecular complexity index is 790. The number of rotatable bonds is 2. The molecule has 1 aliphatic rings. The van der Waals surface area contributed by atoms with Crippen molar-refractivity contribution in [3.05, 3.63) is 52.0 Å². The van der Waals surface area contributed by atoms with Gasteiger partial charge in [-0.3, -0.25) is 9.59 Å². The normalized spacial score (nSPS) is 18.2. The molecule has 23 heavy (non-hydrogen) atoms. The van der Waals surface area contributed by atoms with Crippen LogP contribution in [-0.2, 0) is 14.1 Å². The number of pyridine rings is 1. The van der Waals surface area contributed by atoms with Crippen molar-refractivity contribution in [2.45, 2.75) is 25.7 Å². The predicted octanol–water partition coefficient (Wildman–Crippen LogP) is 1.45. The van der Waals surface area contributed by atoms with Crippen LogP contribution in [0.4, 0.5) is 0 Å². The molecule has 0 N–H and O–H groups in total. The van der Waals surface area contributed by atoms with Gasteiger partial charge in [0.25, 0.3) is 5.91 Å². The third-order valence-corrected chi connectivity index (χ3v) is 4.44. The molecular formula is C17H22N4O2. The summed E-state index contributed by atoms with van der Waals surface area (Å²) in [5.74, 6) is 1.29. The standard InChI is InChI=1S/C17H22N4O2/c1-12-9-20(3)16(18-12)13-5-4-8-21(11-13)17(23)14-6-7-15(22)19(2)10-14/h6-7,9-10,13H,4-5,8,11H2,1-3H3/t13-/m0/s1. The molecule has 0 aromatic carbocycles. The lowest BCUT2D eigenvalue weighted by Crippen LogP contribution is -2.40. The van der Waals surface area contributed by atoms with E-state index in [2.05, 4.69) is 9.55 Å². The number of carbonyl (C=O) groups is 1. The van der Waals surface area contributed by atoms with Crippen molar-refractivity contribution >= 4 is 5.91 Å². The average molecular weight is 314 g/mol. The lowest BCUT2D eigenvalue weighted by atomic mass is 9.96. The van der Waals surface area contributed by atoms with Gasteiger partial charge in [0.15, 0.2) is 0 Å². The lowest BCUT2D eigenvalue weighted by molar-refractivity contribution is 0.0702. The van der Waals surface area contributed by atoms with E-state index in [-0.39, 0.29) is 17.4 Å². The van der Waals surface area contributed by atoms with Gasteiger partial charge in [0.05, 0.1) is 11.3 Å². The summed E-state index contributed by atoms with van der Waals surface area (Å²) in [6, 6.07) is 3.05. The number of aryl methyl sites for hydroxylation is 3. The van der Waals surface area contributed by atoms with Gasteiger partial charge in [-0.05, 0) is 25.8 Å². The van der Waals surface area contributed by atoms with Crippen molar-refractivity contribution in [1.82, 2.24) is 19.0 Å². The van der Waals surface area contributed by atoms with Crippen molar-refractivity contribution in [2.24, 2.45) is 14.1 Å². The number of aromatic nitrogens is 3. The average Bonchev–Trinajstić information content (AvgIpc) is 2.88. The number of hydrogen-bond donors (Lipinski definition) is 0. The number of amides is 1. The Morgan fingerprint density at radius 2 is 2.00 bits per heavy atom.